The average molecular weight is 256 g/mol. The van der Waals surface area contributed by atoms with Crippen LogP contribution in [0.4, 0.5) is 0 Å². The van der Waals surface area contributed by atoms with E-state index in [-0.39, 0.29) is 31.0 Å². The molecule has 2 rings (SSSR count). The van der Waals surface area contributed by atoms with Crippen molar-refractivity contribution in [3.8, 4) is 0 Å². The lowest BCUT2D eigenvalue weighted by molar-refractivity contribution is -0.156. The summed E-state index contributed by atoms with van der Waals surface area (Å²) in [5, 5.41) is 2.95. The van der Waals surface area contributed by atoms with Gasteiger partial charge in [0.05, 0.1) is 13.0 Å². The maximum absolute atomic E-state index is 11.7. The summed E-state index contributed by atoms with van der Waals surface area (Å²) in [4.78, 5) is 22.7. The fourth-order valence-electron chi connectivity index (χ4n) is 2.34. The van der Waals surface area contributed by atoms with E-state index < -0.39 is 12.3 Å². The molecule has 0 bridgehead atoms. The first-order valence-electron chi connectivity index (χ1n) is 6.30. The Bertz CT molecular complexity index is 367. The summed E-state index contributed by atoms with van der Waals surface area (Å²) in [7, 11) is 0. The standard InChI is InChI=1S/C11H19BNO5/c1-11(2,3)16-9(14)6-8-4-5-12(17-8)13-7-10(15)18-12/h8,13H,4-7H2,1-3H3/q-1/t8-,12?/m0/s1. The molecule has 0 aromatic heterocycles. The van der Waals surface area contributed by atoms with Crippen molar-refractivity contribution < 1.29 is 23.6 Å². The van der Waals surface area contributed by atoms with E-state index in [0.717, 1.165) is 0 Å². The monoisotopic (exact) mass is 256 g/mol. The second-order valence-electron chi connectivity index (χ2n) is 5.87. The van der Waals surface area contributed by atoms with Gasteiger partial charge >= 0.3 is 12.7 Å². The highest BCUT2D eigenvalue weighted by atomic mass is 16.7. The van der Waals surface area contributed by atoms with E-state index in [2.05, 4.69) is 5.23 Å². The van der Waals surface area contributed by atoms with E-state index in [4.69, 9.17) is 14.0 Å². The van der Waals surface area contributed by atoms with Crippen LogP contribution < -0.4 is 5.23 Å². The Balaban J connectivity index is 1.83. The lowest BCUT2D eigenvalue weighted by atomic mass is 9.70. The number of hydrogen-bond acceptors (Lipinski definition) is 6. The van der Waals surface area contributed by atoms with Gasteiger partial charge in [0.1, 0.15) is 5.60 Å². The highest BCUT2D eigenvalue weighted by Crippen LogP contribution is 2.30. The Morgan fingerprint density at radius 1 is 1.56 bits per heavy atom. The van der Waals surface area contributed by atoms with Crippen molar-refractivity contribution in [1.82, 2.24) is 5.23 Å². The summed E-state index contributed by atoms with van der Waals surface area (Å²) >= 11 is 0. The number of carbonyl (C=O) groups is 2. The van der Waals surface area contributed by atoms with Crippen molar-refractivity contribution in [3.63, 3.8) is 0 Å². The van der Waals surface area contributed by atoms with Crippen LogP contribution in [0.5, 0.6) is 0 Å². The first-order valence-corrected chi connectivity index (χ1v) is 6.30. The second-order valence-corrected chi connectivity index (χ2v) is 5.87. The van der Waals surface area contributed by atoms with Crippen molar-refractivity contribution in [3.05, 3.63) is 0 Å². The van der Waals surface area contributed by atoms with Crippen LogP contribution in [0.3, 0.4) is 0 Å². The number of rotatable bonds is 2. The summed E-state index contributed by atoms with van der Waals surface area (Å²) in [6, 6.07) is 0. The Morgan fingerprint density at radius 3 is 2.83 bits per heavy atom. The Hall–Kier alpha value is -1.08. The van der Waals surface area contributed by atoms with Crippen LogP contribution in [0.2, 0.25) is 6.32 Å². The van der Waals surface area contributed by atoms with E-state index in [0.29, 0.717) is 12.7 Å². The van der Waals surface area contributed by atoms with Gasteiger partial charge in [-0.1, -0.05) is 12.7 Å². The van der Waals surface area contributed by atoms with Crippen LogP contribution in [-0.4, -0.2) is 36.9 Å². The molecular weight excluding hydrogens is 237 g/mol. The van der Waals surface area contributed by atoms with Crippen LogP contribution in [-0.2, 0) is 23.6 Å². The second kappa shape index (κ2) is 4.55. The minimum absolute atomic E-state index is 0.180. The quantitative estimate of drug-likeness (QED) is 0.575. The molecule has 6 nitrogen and oxygen atoms in total. The summed E-state index contributed by atoms with van der Waals surface area (Å²) < 4.78 is 16.1. The Labute approximate surface area is 106 Å². The molecule has 0 aliphatic carbocycles. The van der Waals surface area contributed by atoms with E-state index in [1.807, 2.05) is 20.8 Å². The fourth-order valence-corrected chi connectivity index (χ4v) is 2.34. The van der Waals surface area contributed by atoms with Crippen LogP contribution in [0.15, 0.2) is 0 Å². The van der Waals surface area contributed by atoms with Crippen molar-refractivity contribution in [1.29, 1.82) is 0 Å². The summed E-state index contributed by atoms with van der Waals surface area (Å²) in [6.45, 7) is 3.96. The molecule has 0 saturated carbocycles. The average Bonchev–Trinajstić information content (AvgIpc) is 2.72. The maximum Gasteiger partial charge on any atom is 0.372 e. The molecular formula is C11H19BNO5-. The van der Waals surface area contributed by atoms with E-state index in [9.17, 15) is 9.59 Å². The highest BCUT2D eigenvalue weighted by Gasteiger charge is 2.43. The first-order chi connectivity index (χ1) is 8.28. The molecule has 1 N–H and O–H groups in total. The first kappa shape index (κ1) is 13.4. The molecule has 2 heterocycles. The van der Waals surface area contributed by atoms with Crippen molar-refractivity contribution in [2.75, 3.05) is 6.54 Å². The number of esters is 1. The molecule has 2 saturated heterocycles. The number of carbonyl (C=O) groups excluding carboxylic acids is 2. The van der Waals surface area contributed by atoms with Gasteiger partial charge in [0, 0.05) is 6.10 Å². The minimum Gasteiger partial charge on any atom is -0.652 e. The van der Waals surface area contributed by atoms with Gasteiger partial charge in [0.25, 0.3) is 5.97 Å². The third kappa shape index (κ3) is 3.23. The molecule has 0 amide bonds. The summed E-state index contributed by atoms with van der Waals surface area (Å²) in [5.41, 5.74) is -0.489. The van der Waals surface area contributed by atoms with Crippen molar-refractivity contribution >= 4 is 18.6 Å². The molecule has 2 aliphatic rings. The van der Waals surface area contributed by atoms with Gasteiger partial charge in [0.2, 0.25) is 0 Å². The zero-order valence-corrected chi connectivity index (χ0v) is 11.0. The van der Waals surface area contributed by atoms with Gasteiger partial charge in [-0.05, 0) is 20.8 Å². The maximum atomic E-state index is 11.7. The largest absolute Gasteiger partial charge is 0.652 e. The molecule has 0 radical (unpaired) electrons. The Kier molecular flexibility index (Phi) is 3.38. The molecule has 2 aliphatic heterocycles. The third-order valence-corrected chi connectivity index (χ3v) is 2.97. The number of ether oxygens (including phenoxy) is 1. The van der Waals surface area contributed by atoms with Crippen LogP contribution in [0.25, 0.3) is 0 Å². The van der Waals surface area contributed by atoms with Gasteiger partial charge in [-0.2, -0.15) is 0 Å². The van der Waals surface area contributed by atoms with Gasteiger partial charge in [-0.15, -0.1) is 0 Å². The minimum atomic E-state index is -1.69. The number of hydrogen-bond donors (Lipinski definition) is 1. The molecule has 1 spiro atoms. The predicted octanol–water partition coefficient (Wildman–Crippen LogP) is 0.592. The van der Waals surface area contributed by atoms with Crippen LogP contribution >= 0.6 is 0 Å². The van der Waals surface area contributed by atoms with Crippen molar-refractivity contribution in [2.24, 2.45) is 0 Å². The SMILES string of the molecule is CC(C)(C)OC(=O)C[C@@H]1CC[B-]2(NCC(=O)O2)O1. The lowest BCUT2D eigenvalue weighted by Crippen LogP contribution is -2.48. The molecule has 1 unspecified atom stereocenters. The zero-order valence-electron chi connectivity index (χ0n) is 11.0. The van der Waals surface area contributed by atoms with E-state index in [1.54, 1.807) is 0 Å². The van der Waals surface area contributed by atoms with Gasteiger partial charge in [-0.25, -0.2) is 0 Å². The molecule has 18 heavy (non-hydrogen) atoms. The predicted molar refractivity (Wildman–Crippen MR) is 64.6 cm³/mol. The van der Waals surface area contributed by atoms with E-state index in [1.165, 1.54) is 0 Å². The fraction of sp³-hybridized carbons (Fsp3) is 0.818. The summed E-state index contributed by atoms with van der Waals surface area (Å²) in [5.74, 6) is -0.586. The smallest absolute Gasteiger partial charge is 0.372 e. The Morgan fingerprint density at radius 2 is 2.28 bits per heavy atom. The molecule has 7 heteroatoms. The molecule has 102 valence electrons. The van der Waals surface area contributed by atoms with Gasteiger partial charge in [0.15, 0.2) is 0 Å². The zero-order chi connectivity index (χ0) is 13.4. The van der Waals surface area contributed by atoms with Gasteiger partial charge < -0.3 is 19.3 Å². The highest BCUT2D eigenvalue weighted by molar-refractivity contribution is 6.68. The van der Waals surface area contributed by atoms with Crippen LogP contribution in [0.1, 0.15) is 33.6 Å². The third-order valence-electron chi connectivity index (χ3n) is 2.97. The van der Waals surface area contributed by atoms with Crippen LogP contribution in [0, 0.1) is 0 Å². The topological polar surface area (TPSA) is 73.9 Å². The normalized spacial score (nSPS) is 31.7. The molecule has 0 aromatic carbocycles. The van der Waals surface area contributed by atoms with E-state index >= 15 is 0 Å². The summed E-state index contributed by atoms with van der Waals surface area (Å²) in [6.07, 6.45) is 1.27. The molecule has 0 aromatic rings. The van der Waals surface area contributed by atoms with Crippen molar-refractivity contribution in [2.45, 2.75) is 51.6 Å². The lowest BCUT2D eigenvalue weighted by Gasteiger charge is -2.30. The van der Waals surface area contributed by atoms with Gasteiger partial charge in [-0.3, -0.25) is 9.59 Å². The molecule has 2 fully saturated rings. The molecule has 2 atom stereocenters. The number of nitrogens with one attached hydrogen (secondary N) is 1.